The standard InChI is InChI=1S/C19H21N3O.ClH/c1-14-17(16-4-2-3-5-19(16)23-14)13-22-11-10-21-12-18(22)15-6-8-20-9-7-15;/h2-9,18,21H,10-13H2,1H3;1H. The van der Waals surface area contributed by atoms with Crippen molar-refractivity contribution in [3.8, 4) is 0 Å². The minimum absolute atomic E-state index is 0. The number of rotatable bonds is 3. The Morgan fingerprint density at radius 1 is 1.21 bits per heavy atom. The van der Waals surface area contributed by atoms with Crippen molar-refractivity contribution in [2.45, 2.75) is 19.5 Å². The first-order chi connectivity index (χ1) is 11.3. The predicted octanol–water partition coefficient (Wildman–Crippen LogP) is 3.70. The molecule has 1 N–H and O–H groups in total. The molecule has 1 atom stereocenters. The number of hydrogen-bond donors (Lipinski definition) is 1. The molecular formula is C19H22ClN3O. The molecule has 3 aromatic rings. The number of aromatic nitrogens is 1. The highest BCUT2D eigenvalue weighted by molar-refractivity contribution is 5.85. The molecule has 1 aliphatic heterocycles. The Hall–Kier alpha value is -1.88. The summed E-state index contributed by atoms with van der Waals surface area (Å²) in [5, 5.41) is 4.74. The van der Waals surface area contributed by atoms with E-state index in [2.05, 4.69) is 46.4 Å². The Labute approximate surface area is 148 Å². The molecule has 0 spiro atoms. The molecule has 126 valence electrons. The third kappa shape index (κ3) is 3.18. The van der Waals surface area contributed by atoms with Crippen LogP contribution in [-0.2, 0) is 6.54 Å². The Morgan fingerprint density at radius 3 is 2.83 bits per heavy atom. The summed E-state index contributed by atoms with van der Waals surface area (Å²) in [6.45, 7) is 6.01. The summed E-state index contributed by atoms with van der Waals surface area (Å²) in [5.74, 6) is 1.03. The van der Waals surface area contributed by atoms with Crippen molar-refractivity contribution in [3.05, 3.63) is 65.7 Å². The van der Waals surface area contributed by atoms with Gasteiger partial charge in [-0.25, -0.2) is 0 Å². The molecule has 3 heterocycles. The fraction of sp³-hybridized carbons (Fsp3) is 0.316. The van der Waals surface area contributed by atoms with Crippen LogP contribution in [0, 0.1) is 6.92 Å². The van der Waals surface area contributed by atoms with Gasteiger partial charge in [-0.05, 0) is 30.7 Å². The number of para-hydroxylation sites is 1. The molecular weight excluding hydrogens is 322 g/mol. The SMILES string of the molecule is Cc1oc2ccccc2c1CN1CCNCC1c1ccncc1.Cl. The third-order valence-electron chi connectivity index (χ3n) is 4.71. The zero-order valence-electron chi connectivity index (χ0n) is 13.7. The number of hydrogen-bond acceptors (Lipinski definition) is 4. The number of benzene rings is 1. The van der Waals surface area contributed by atoms with Gasteiger partial charge in [0.2, 0.25) is 0 Å². The van der Waals surface area contributed by atoms with Crippen LogP contribution in [-0.4, -0.2) is 29.5 Å². The summed E-state index contributed by atoms with van der Waals surface area (Å²) < 4.78 is 5.93. The predicted molar refractivity (Wildman–Crippen MR) is 98.5 cm³/mol. The fourth-order valence-corrected chi connectivity index (χ4v) is 3.47. The van der Waals surface area contributed by atoms with Gasteiger partial charge in [0.15, 0.2) is 0 Å². The van der Waals surface area contributed by atoms with Gasteiger partial charge in [0.1, 0.15) is 11.3 Å². The molecule has 1 unspecified atom stereocenters. The lowest BCUT2D eigenvalue weighted by atomic mass is 10.0. The molecule has 4 nitrogen and oxygen atoms in total. The van der Waals surface area contributed by atoms with Crippen molar-refractivity contribution in [3.63, 3.8) is 0 Å². The molecule has 0 saturated carbocycles. The number of fused-ring (bicyclic) bond motifs is 1. The number of aryl methyl sites for hydroxylation is 1. The highest BCUT2D eigenvalue weighted by atomic mass is 35.5. The minimum atomic E-state index is 0. The average Bonchev–Trinajstić information content (AvgIpc) is 2.92. The van der Waals surface area contributed by atoms with Crippen molar-refractivity contribution in [2.75, 3.05) is 19.6 Å². The van der Waals surface area contributed by atoms with E-state index in [1.807, 2.05) is 24.5 Å². The maximum Gasteiger partial charge on any atom is 0.134 e. The van der Waals surface area contributed by atoms with Crippen LogP contribution >= 0.6 is 12.4 Å². The first kappa shape index (κ1) is 17.0. The van der Waals surface area contributed by atoms with Crippen molar-refractivity contribution in [1.82, 2.24) is 15.2 Å². The fourth-order valence-electron chi connectivity index (χ4n) is 3.47. The van der Waals surface area contributed by atoms with E-state index in [4.69, 9.17) is 4.42 Å². The number of pyridine rings is 1. The van der Waals surface area contributed by atoms with Gasteiger partial charge in [-0.15, -0.1) is 12.4 Å². The van der Waals surface area contributed by atoms with E-state index >= 15 is 0 Å². The van der Waals surface area contributed by atoms with Gasteiger partial charge in [-0.3, -0.25) is 9.88 Å². The molecule has 1 aliphatic rings. The monoisotopic (exact) mass is 343 g/mol. The first-order valence-electron chi connectivity index (χ1n) is 8.14. The van der Waals surface area contributed by atoms with Crippen LogP contribution < -0.4 is 5.32 Å². The maximum absolute atomic E-state index is 5.93. The summed E-state index contributed by atoms with van der Waals surface area (Å²) >= 11 is 0. The van der Waals surface area contributed by atoms with Crippen molar-refractivity contribution >= 4 is 23.4 Å². The average molecular weight is 344 g/mol. The molecule has 4 rings (SSSR count). The lowest BCUT2D eigenvalue weighted by molar-refractivity contribution is 0.153. The van der Waals surface area contributed by atoms with E-state index in [0.29, 0.717) is 6.04 Å². The van der Waals surface area contributed by atoms with E-state index in [1.165, 1.54) is 16.5 Å². The van der Waals surface area contributed by atoms with E-state index in [0.717, 1.165) is 37.5 Å². The van der Waals surface area contributed by atoms with Gasteiger partial charge in [0.05, 0.1) is 0 Å². The van der Waals surface area contributed by atoms with Gasteiger partial charge < -0.3 is 9.73 Å². The molecule has 0 bridgehead atoms. The zero-order chi connectivity index (χ0) is 15.6. The molecule has 1 saturated heterocycles. The molecule has 2 aromatic heterocycles. The zero-order valence-corrected chi connectivity index (χ0v) is 14.6. The summed E-state index contributed by atoms with van der Waals surface area (Å²) in [7, 11) is 0. The topological polar surface area (TPSA) is 41.3 Å². The van der Waals surface area contributed by atoms with Crippen LogP contribution in [0.2, 0.25) is 0 Å². The summed E-state index contributed by atoms with van der Waals surface area (Å²) in [4.78, 5) is 6.68. The molecule has 1 aromatic carbocycles. The van der Waals surface area contributed by atoms with Gasteiger partial charge in [0.25, 0.3) is 0 Å². The molecule has 24 heavy (non-hydrogen) atoms. The van der Waals surface area contributed by atoms with Crippen molar-refractivity contribution in [2.24, 2.45) is 0 Å². The van der Waals surface area contributed by atoms with E-state index in [-0.39, 0.29) is 12.4 Å². The quantitative estimate of drug-likeness (QED) is 0.787. The lowest BCUT2D eigenvalue weighted by Crippen LogP contribution is -2.45. The van der Waals surface area contributed by atoms with Crippen LogP contribution in [0.5, 0.6) is 0 Å². The second kappa shape index (κ2) is 7.34. The van der Waals surface area contributed by atoms with Gasteiger partial charge in [0, 0.05) is 55.6 Å². The number of furan rings is 1. The van der Waals surface area contributed by atoms with Gasteiger partial charge >= 0.3 is 0 Å². The number of piperazine rings is 1. The van der Waals surface area contributed by atoms with E-state index in [1.54, 1.807) is 0 Å². The Balaban J connectivity index is 0.00000169. The smallest absolute Gasteiger partial charge is 0.134 e. The van der Waals surface area contributed by atoms with E-state index in [9.17, 15) is 0 Å². The second-order valence-electron chi connectivity index (χ2n) is 6.10. The highest BCUT2D eigenvalue weighted by Crippen LogP contribution is 2.30. The summed E-state index contributed by atoms with van der Waals surface area (Å²) in [5.41, 5.74) is 3.61. The summed E-state index contributed by atoms with van der Waals surface area (Å²) in [6, 6.07) is 12.9. The van der Waals surface area contributed by atoms with Crippen LogP contribution in [0.1, 0.15) is 22.9 Å². The number of nitrogens with one attached hydrogen (secondary N) is 1. The largest absolute Gasteiger partial charge is 0.461 e. The molecule has 0 radical (unpaired) electrons. The summed E-state index contributed by atoms with van der Waals surface area (Å²) in [6.07, 6.45) is 3.75. The van der Waals surface area contributed by atoms with Crippen LogP contribution in [0.15, 0.2) is 53.2 Å². The Bertz CT molecular complexity index is 803. The molecule has 0 amide bonds. The normalized spacial score (nSPS) is 18.5. The Morgan fingerprint density at radius 2 is 2.00 bits per heavy atom. The van der Waals surface area contributed by atoms with Crippen LogP contribution in [0.4, 0.5) is 0 Å². The third-order valence-corrected chi connectivity index (χ3v) is 4.71. The van der Waals surface area contributed by atoms with Crippen LogP contribution in [0.25, 0.3) is 11.0 Å². The molecule has 0 aliphatic carbocycles. The minimum Gasteiger partial charge on any atom is -0.461 e. The maximum atomic E-state index is 5.93. The van der Waals surface area contributed by atoms with Gasteiger partial charge in [-0.1, -0.05) is 18.2 Å². The van der Waals surface area contributed by atoms with E-state index < -0.39 is 0 Å². The second-order valence-corrected chi connectivity index (χ2v) is 6.10. The number of nitrogens with zero attached hydrogens (tertiary/aromatic N) is 2. The number of halogens is 1. The van der Waals surface area contributed by atoms with Gasteiger partial charge in [-0.2, -0.15) is 0 Å². The lowest BCUT2D eigenvalue weighted by Gasteiger charge is -2.36. The molecule has 5 heteroatoms. The first-order valence-corrected chi connectivity index (χ1v) is 8.14. The van der Waals surface area contributed by atoms with Crippen molar-refractivity contribution in [1.29, 1.82) is 0 Å². The highest BCUT2D eigenvalue weighted by Gasteiger charge is 2.25. The Kier molecular flexibility index (Phi) is 5.19. The van der Waals surface area contributed by atoms with Crippen LogP contribution in [0.3, 0.4) is 0 Å². The van der Waals surface area contributed by atoms with Crippen molar-refractivity contribution < 1.29 is 4.42 Å². The molecule has 1 fully saturated rings.